The molecule has 6 nitrogen and oxygen atoms in total. The maximum atomic E-state index is 13.0. The summed E-state index contributed by atoms with van der Waals surface area (Å²) in [5.74, 6) is -0.0877. The fourth-order valence-corrected chi connectivity index (χ4v) is 5.45. The summed E-state index contributed by atoms with van der Waals surface area (Å²) in [6, 6.07) is 28.7. The fraction of sp³-hybridized carbons (Fsp3) is 0.310. The molecule has 0 radical (unpaired) electrons. The summed E-state index contributed by atoms with van der Waals surface area (Å²) in [6.45, 7) is 2.68. The van der Waals surface area contributed by atoms with Gasteiger partial charge in [-0.25, -0.2) is 4.79 Å². The maximum absolute atomic E-state index is 13.0. The van der Waals surface area contributed by atoms with E-state index in [1.54, 1.807) is 0 Å². The molecular formula is C29H32N4O2. The molecular weight excluding hydrogens is 436 g/mol. The van der Waals surface area contributed by atoms with Gasteiger partial charge in [-0.2, -0.15) is 0 Å². The summed E-state index contributed by atoms with van der Waals surface area (Å²) in [5.41, 5.74) is 3.79. The predicted molar refractivity (Wildman–Crippen MR) is 138 cm³/mol. The van der Waals surface area contributed by atoms with Crippen LogP contribution >= 0.6 is 0 Å². The Bertz CT molecular complexity index is 1160. The van der Waals surface area contributed by atoms with Crippen LogP contribution in [0, 0.1) is 5.92 Å². The summed E-state index contributed by atoms with van der Waals surface area (Å²) in [4.78, 5) is 29.7. The van der Waals surface area contributed by atoms with Gasteiger partial charge in [-0.3, -0.25) is 15.0 Å². The van der Waals surface area contributed by atoms with Crippen LogP contribution in [-0.2, 0) is 17.8 Å². The Hall–Kier alpha value is -3.64. The van der Waals surface area contributed by atoms with Crippen molar-refractivity contribution >= 4 is 23.3 Å². The van der Waals surface area contributed by atoms with Crippen LogP contribution in [0.5, 0.6) is 0 Å². The lowest BCUT2D eigenvalue weighted by atomic mass is 9.74. The third-order valence-electron chi connectivity index (χ3n) is 7.45. The number of hydrogen-bond acceptors (Lipinski definition) is 4. The highest BCUT2D eigenvalue weighted by molar-refractivity contribution is 6.07. The molecule has 3 amide bonds. The molecule has 0 aliphatic carbocycles. The molecule has 0 saturated carbocycles. The van der Waals surface area contributed by atoms with E-state index in [0.29, 0.717) is 6.42 Å². The second kappa shape index (κ2) is 9.92. The number of carbonyl (C=O) groups excluding carboxylic acids is 2. The first kappa shape index (κ1) is 23.1. The van der Waals surface area contributed by atoms with Gasteiger partial charge in [0, 0.05) is 31.4 Å². The second-order valence-corrected chi connectivity index (χ2v) is 9.65. The molecule has 2 aliphatic rings. The van der Waals surface area contributed by atoms with Crippen LogP contribution in [0.2, 0.25) is 0 Å². The fourth-order valence-electron chi connectivity index (χ4n) is 5.45. The van der Waals surface area contributed by atoms with Crippen LogP contribution < -0.4 is 15.5 Å². The van der Waals surface area contributed by atoms with Crippen LogP contribution in [0.3, 0.4) is 0 Å². The highest BCUT2D eigenvalue weighted by atomic mass is 16.2. The van der Waals surface area contributed by atoms with Crippen molar-refractivity contribution in [3.63, 3.8) is 0 Å². The maximum Gasteiger partial charge on any atom is 0.322 e. The van der Waals surface area contributed by atoms with Crippen LogP contribution in [-0.4, -0.2) is 42.5 Å². The van der Waals surface area contributed by atoms with Crippen molar-refractivity contribution in [2.45, 2.75) is 31.3 Å². The molecule has 180 valence electrons. The molecule has 6 heteroatoms. The van der Waals surface area contributed by atoms with Gasteiger partial charge < -0.3 is 10.2 Å². The van der Waals surface area contributed by atoms with Crippen LogP contribution in [0.1, 0.15) is 24.0 Å². The molecule has 0 aromatic heterocycles. The van der Waals surface area contributed by atoms with E-state index in [2.05, 4.69) is 76.0 Å². The lowest BCUT2D eigenvalue weighted by Gasteiger charge is -2.40. The smallest absolute Gasteiger partial charge is 0.322 e. The van der Waals surface area contributed by atoms with Crippen LogP contribution in [0.15, 0.2) is 84.9 Å². The van der Waals surface area contributed by atoms with E-state index in [4.69, 9.17) is 0 Å². The molecule has 1 atom stereocenters. The lowest BCUT2D eigenvalue weighted by Crippen LogP contribution is -2.57. The molecule has 2 aliphatic heterocycles. The highest BCUT2D eigenvalue weighted by Gasteiger charge is 2.52. The van der Waals surface area contributed by atoms with E-state index in [9.17, 15) is 9.59 Å². The Morgan fingerprint density at radius 2 is 1.43 bits per heavy atom. The number of benzene rings is 3. The van der Waals surface area contributed by atoms with E-state index < -0.39 is 5.54 Å². The highest BCUT2D eigenvalue weighted by Crippen LogP contribution is 2.34. The minimum absolute atomic E-state index is 0.104. The largest absolute Gasteiger partial charge is 0.345 e. The number of nitrogens with zero attached hydrogens (tertiary/aromatic N) is 2. The Balaban J connectivity index is 1.22. The molecule has 35 heavy (non-hydrogen) atoms. The molecule has 2 heterocycles. The van der Waals surface area contributed by atoms with E-state index in [1.807, 2.05) is 36.4 Å². The molecule has 2 fully saturated rings. The van der Waals surface area contributed by atoms with E-state index >= 15 is 0 Å². The van der Waals surface area contributed by atoms with Crippen molar-refractivity contribution < 1.29 is 9.59 Å². The van der Waals surface area contributed by atoms with Crippen molar-refractivity contribution in [1.29, 1.82) is 0 Å². The molecule has 2 N–H and O–H groups in total. The first-order valence-electron chi connectivity index (χ1n) is 12.3. The number of carbonyl (C=O) groups is 2. The number of nitrogens with one attached hydrogen (secondary N) is 2. The van der Waals surface area contributed by atoms with Gasteiger partial charge in [-0.15, -0.1) is 0 Å². The van der Waals surface area contributed by atoms with Gasteiger partial charge in [-0.05, 0) is 67.2 Å². The average molecular weight is 469 g/mol. The normalized spacial score (nSPS) is 20.9. The minimum Gasteiger partial charge on any atom is -0.345 e. The van der Waals surface area contributed by atoms with Gasteiger partial charge in [0.2, 0.25) is 0 Å². The SMILES string of the molecule is CN(c1ccccc1)c1ccc(CN2CCC(C3(Cc4ccccc4)NC(=O)NC3=O)CC2)cc1. The number of anilines is 2. The molecule has 0 bridgehead atoms. The van der Waals surface area contributed by atoms with E-state index in [-0.39, 0.29) is 17.9 Å². The quantitative estimate of drug-likeness (QED) is 0.502. The number of piperidine rings is 1. The summed E-state index contributed by atoms with van der Waals surface area (Å²) in [7, 11) is 2.08. The third-order valence-corrected chi connectivity index (χ3v) is 7.45. The Labute approximate surface area is 206 Å². The first-order chi connectivity index (χ1) is 17.0. The summed E-state index contributed by atoms with van der Waals surface area (Å²) >= 11 is 0. The molecule has 1 unspecified atom stereocenters. The Kier molecular flexibility index (Phi) is 6.55. The predicted octanol–water partition coefficient (Wildman–Crippen LogP) is 4.49. The number of amides is 3. The zero-order valence-corrected chi connectivity index (χ0v) is 20.1. The van der Waals surface area contributed by atoms with Gasteiger partial charge in [0.25, 0.3) is 5.91 Å². The Morgan fingerprint density at radius 3 is 2.03 bits per heavy atom. The summed E-state index contributed by atoms with van der Waals surface area (Å²) in [6.07, 6.45) is 2.26. The summed E-state index contributed by atoms with van der Waals surface area (Å²) in [5, 5.41) is 5.50. The van der Waals surface area contributed by atoms with Crippen molar-refractivity contribution in [3.05, 3.63) is 96.1 Å². The minimum atomic E-state index is -0.867. The standard InChI is InChI=1S/C29H32N4O2/c1-32(25-10-6-3-7-11-25)26-14-12-23(13-15-26)21-33-18-16-24(17-19-33)29(27(34)30-28(35)31-29)20-22-8-4-2-5-9-22/h2-15,24H,16-21H2,1H3,(H2,30,31,34,35). The topological polar surface area (TPSA) is 64.7 Å². The monoisotopic (exact) mass is 468 g/mol. The molecule has 5 rings (SSSR count). The molecule has 2 saturated heterocycles. The van der Waals surface area contributed by atoms with Gasteiger partial charge in [-0.1, -0.05) is 60.7 Å². The van der Waals surface area contributed by atoms with Crippen LogP contribution in [0.4, 0.5) is 16.2 Å². The van der Waals surface area contributed by atoms with E-state index in [0.717, 1.165) is 49.4 Å². The number of likely N-dealkylation sites (tertiary alicyclic amines) is 1. The van der Waals surface area contributed by atoms with Crippen molar-refractivity contribution in [2.24, 2.45) is 5.92 Å². The van der Waals surface area contributed by atoms with Crippen LogP contribution in [0.25, 0.3) is 0 Å². The van der Waals surface area contributed by atoms with Gasteiger partial charge in [0.05, 0.1) is 0 Å². The second-order valence-electron chi connectivity index (χ2n) is 9.65. The zero-order chi connectivity index (χ0) is 24.3. The number of rotatable bonds is 7. The number of imide groups is 1. The summed E-state index contributed by atoms with van der Waals surface area (Å²) < 4.78 is 0. The number of para-hydroxylation sites is 1. The van der Waals surface area contributed by atoms with Crippen molar-refractivity contribution in [2.75, 3.05) is 25.0 Å². The number of hydrogen-bond donors (Lipinski definition) is 2. The average Bonchev–Trinajstić information content (AvgIpc) is 3.18. The van der Waals surface area contributed by atoms with Crippen molar-refractivity contribution in [3.8, 4) is 0 Å². The lowest BCUT2D eigenvalue weighted by molar-refractivity contribution is -0.126. The van der Waals surface area contributed by atoms with Gasteiger partial charge >= 0.3 is 6.03 Å². The van der Waals surface area contributed by atoms with E-state index in [1.165, 1.54) is 5.56 Å². The van der Waals surface area contributed by atoms with Crippen molar-refractivity contribution in [1.82, 2.24) is 15.5 Å². The number of urea groups is 1. The Morgan fingerprint density at radius 1 is 0.829 bits per heavy atom. The van der Waals surface area contributed by atoms with Gasteiger partial charge in [0.1, 0.15) is 5.54 Å². The van der Waals surface area contributed by atoms with Gasteiger partial charge in [0.15, 0.2) is 0 Å². The zero-order valence-electron chi connectivity index (χ0n) is 20.1. The third kappa shape index (κ3) is 4.93. The first-order valence-corrected chi connectivity index (χ1v) is 12.3. The molecule has 3 aromatic rings. The molecule has 3 aromatic carbocycles. The molecule has 0 spiro atoms.